The second kappa shape index (κ2) is 6.17. The third kappa shape index (κ3) is 3.55. The minimum absolute atomic E-state index is 0.301. The Morgan fingerprint density at radius 2 is 2.10 bits per heavy atom. The summed E-state index contributed by atoms with van der Waals surface area (Å²) in [6.45, 7) is 1.92. The Morgan fingerprint density at radius 1 is 1.38 bits per heavy atom. The summed E-state index contributed by atoms with van der Waals surface area (Å²) in [7, 11) is 0. The maximum atomic E-state index is 12.3. The molecule has 1 aromatic carbocycles. The van der Waals surface area contributed by atoms with Crippen LogP contribution in [0.2, 0.25) is 0 Å². The molecular formula is C14H13F2NO3S. The number of nitrogens with one attached hydrogen (secondary N) is 1. The van der Waals surface area contributed by atoms with Crippen LogP contribution in [-0.4, -0.2) is 29.5 Å². The van der Waals surface area contributed by atoms with Crippen LogP contribution in [0.5, 0.6) is 0 Å². The van der Waals surface area contributed by atoms with Crippen molar-refractivity contribution in [2.24, 2.45) is 0 Å². The van der Waals surface area contributed by atoms with Gasteiger partial charge in [-0.3, -0.25) is 4.79 Å². The first-order chi connectivity index (χ1) is 9.88. The van der Waals surface area contributed by atoms with Gasteiger partial charge in [-0.2, -0.15) is 0 Å². The number of carbonyl (C=O) groups excluding carboxylic acids is 1. The average Bonchev–Trinajstić information content (AvgIpc) is 2.80. The quantitative estimate of drug-likeness (QED) is 0.891. The monoisotopic (exact) mass is 313 g/mol. The lowest BCUT2D eigenvalue weighted by atomic mass is 10.1. The van der Waals surface area contributed by atoms with Crippen molar-refractivity contribution in [3.05, 3.63) is 34.7 Å². The van der Waals surface area contributed by atoms with Gasteiger partial charge in [0.05, 0.1) is 5.56 Å². The molecule has 112 valence electrons. The van der Waals surface area contributed by atoms with Gasteiger partial charge in [0.1, 0.15) is 6.04 Å². The average molecular weight is 313 g/mol. The zero-order valence-corrected chi connectivity index (χ0v) is 11.9. The number of carboxylic acid groups (broad SMARTS) is 1. The van der Waals surface area contributed by atoms with Crippen molar-refractivity contribution in [1.82, 2.24) is 5.32 Å². The van der Waals surface area contributed by atoms with Crippen LogP contribution in [0.1, 0.15) is 22.3 Å². The SMILES string of the molecule is Cc1ccc2c(C(=O)NC(CC(F)F)C(=O)O)csc2c1. The summed E-state index contributed by atoms with van der Waals surface area (Å²) in [4.78, 5) is 23.0. The standard InChI is InChI=1S/C14H13F2NO3S/c1-7-2-3-8-9(6-21-11(8)4-7)13(18)17-10(14(19)20)5-12(15)16/h2-4,6,10,12H,5H2,1H3,(H,17,18)(H,19,20). The maximum absolute atomic E-state index is 12.3. The highest BCUT2D eigenvalue weighted by molar-refractivity contribution is 7.17. The molecule has 2 rings (SSSR count). The van der Waals surface area contributed by atoms with Gasteiger partial charge in [-0.1, -0.05) is 12.1 Å². The second-order valence-electron chi connectivity index (χ2n) is 4.64. The fourth-order valence-corrected chi connectivity index (χ4v) is 2.98. The van der Waals surface area contributed by atoms with E-state index in [0.717, 1.165) is 10.3 Å². The van der Waals surface area contributed by atoms with Crippen LogP contribution in [0.3, 0.4) is 0 Å². The van der Waals surface area contributed by atoms with Gasteiger partial charge in [0.15, 0.2) is 0 Å². The molecule has 0 spiro atoms. The van der Waals surface area contributed by atoms with Gasteiger partial charge >= 0.3 is 5.97 Å². The summed E-state index contributed by atoms with van der Waals surface area (Å²) in [6.07, 6.45) is -3.71. The summed E-state index contributed by atoms with van der Waals surface area (Å²) in [6, 6.07) is 3.90. The number of alkyl halides is 2. The van der Waals surface area contributed by atoms with E-state index in [-0.39, 0.29) is 0 Å². The molecule has 2 N–H and O–H groups in total. The summed E-state index contributed by atoms with van der Waals surface area (Å²) in [5, 5.41) is 13.3. The van der Waals surface area contributed by atoms with Crippen molar-refractivity contribution in [3.8, 4) is 0 Å². The lowest BCUT2D eigenvalue weighted by Gasteiger charge is -2.13. The van der Waals surface area contributed by atoms with E-state index < -0.39 is 30.8 Å². The third-order valence-corrected chi connectivity index (χ3v) is 3.94. The smallest absolute Gasteiger partial charge is 0.326 e. The van der Waals surface area contributed by atoms with Gasteiger partial charge < -0.3 is 10.4 Å². The number of hydrogen-bond donors (Lipinski definition) is 2. The first-order valence-electron chi connectivity index (χ1n) is 6.18. The van der Waals surface area contributed by atoms with E-state index in [2.05, 4.69) is 5.32 Å². The Hall–Kier alpha value is -2.02. The summed E-state index contributed by atoms with van der Waals surface area (Å²) < 4.78 is 25.5. The van der Waals surface area contributed by atoms with Gasteiger partial charge in [-0.25, -0.2) is 13.6 Å². The van der Waals surface area contributed by atoms with Crippen molar-refractivity contribution in [2.45, 2.75) is 25.8 Å². The van der Waals surface area contributed by atoms with Crippen LogP contribution in [0.15, 0.2) is 23.6 Å². The summed E-state index contributed by atoms with van der Waals surface area (Å²) in [5.41, 5.74) is 1.34. The predicted octanol–water partition coefficient (Wildman–Crippen LogP) is 3.05. The van der Waals surface area contributed by atoms with Crippen molar-refractivity contribution in [3.63, 3.8) is 0 Å². The van der Waals surface area contributed by atoms with Crippen LogP contribution < -0.4 is 5.32 Å². The summed E-state index contributed by atoms with van der Waals surface area (Å²) >= 11 is 1.35. The zero-order chi connectivity index (χ0) is 15.6. The molecular weight excluding hydrogens is 300 g/mol. The van der Waals surface area contributed by atoms with Crippen molar-refractivity contribution < 1.29 is 23.5 Å². The Kier molecular flexibility index (Phi) is 4.52. The van der Waals surface area contributed by atoms with E-state index >= 15 is 0 Å². The molecule has 2 aromatic rings. The molecule has 21 heavy (non-hydrogen) atoms. The second-order valence-corrected chi connectivity index (χ2v) is 5.55. The first-order valence-corrected chi connectivity index (χ1v) is 7.06. The Labute approximate surface area is 123 Å². The first kappa shape index (κ1) is 15.4. The van der Waals surface area contributed by atoms with Crippen LogP contribution in [-0.2, 0) is 4.79 Å². The third-order valence-electron chi connectivity index (χ3n) is 2.99. The van der Waals surface area contributed by atoms with Gasteiger partial charge in [0, 0.05) is 21.9 Å². The predicted molar refractivity (Wildman–Crippen MR) is 76.1 cm³/mol. The molecule has 0 bridgehead atoms. The van der Waals surface area contributed by atoms with Crippen molar-refractivity contribution >= 4 is 33.3 Å². The van der Waals surface area contributed by atoms with E-state index in [1.165, 1.54) is 11.3 Å². The topological polar surface area (TPSA) is 66.4 Å². The molecule has 0 saturated heterocycles. The highest BCUT2D eigenvalue weighted by Crippen LogP contribution is 2.27. The van der Waals surface area contributed by atoms with E-state index in [0.29, 0.717) is 10.9 Å². The fourth-order valence-electron chi connectivity index (χ4n) is 1.95. The molecule has 1 heterocycles. The van der Waals surface area contributed by atoms with Gasteiger partial charge in [0.2, 0.25) is 6.43 Å². The molecule has 0 aliphatic carbocycles. The molecule has 0 aliphatic heterocycles. The molecule has 7 heteroatoms. The number of aryl methyl sites for hydroxylation is 1. The molecule has 0 aliphatic rings. The number of thiophene rings is 1. The van der Waals surface area contributed by atoms with E-state index in [9.17, 15) is 18.4 Å². The van der Waals surface area contributed by atoms with Crippen LogP contribution in [0.25, 0.3) is 10.1 Å². The maximum Gasteiger partial charge on any atom is 0.326 e. The molecule has 1 unspecified atom stereocenters. The number of benzene rings is 1. The van der Waals surface area contributed by atoms with Gasteiger partial charge in [-0.05, 0) is 18.6 Å². The number of amides is 1. The normalized spacial score (nSPS) is 12.6. The lowest BCUT2D eigenvalue weighted by Crippen LogP contribution is -2.41. The largest absolute Gasteiger partial charge is 0.480 e. The molecule has 1 atom stereocenters. The highest BCUT2D eigenvalue weighted by atomic mass is 32.1. The molecule has 4 nitrogen and oxygen atoms in total. The minimum atomic E-state index is -2.80. The Morgan fingerprint density at radius 3 is 2.71 bits per heavy atom. The Balaban J connectivity index is 2.23. The molecule has 0 fully saturated rings. The van der Waals surface area contributed by atoms with E-state index in [1.807, 2.05) is 19.1 Å². The van der Waals surface area contributed by atoms with Crippen LogP contribution in [0, 0.1) is 6.92 Å². The molecule has 0 radical (unpaired) electrons. The van der Waals surface area contributed by atoms with E-state index in [4.69, 9.17) is 5.11 Å². The number of halogens is 2. The fraction of sp³-hybridized carbons (Fsp3) is 0.286. The summed E-state index contributed by atoms with van der Waals surface area (Å²) in [5.74, 6) is -2.13. The van der Waals surface area contributed by atoms with Crippen molar-refractivity contribution in [1.29, 1.82) is 0 Å². The van der Waals surface area contributed by atoms with Crippen molar-refractivity contribution in [2.75, 3.05) is 0 Å². The number of carboxylic acids is 1. The molecule has 0 saturated carbocycles. The molecule has 1 amide bonds. The van der Waals surface area contributed by atoms with Gasteiger partial charge in [0.25, 0.3) is 5.91 Å². The number of aliphatic carboxylic acids is 1. The van der Waals surface area contributed by atoms with Crippen LogP contribution in [0.4, 0.5) is 8.78 Å². The number of rotatable bonds is 5. The zero-order valence-electron chi connectivity index (χ0n) is 11.1. The van der Waals surface area contributed by atoms with Gasteiger partial charge in [-0.15, -0.1) is 11.3 Å². The molecule has 1 aromatic heterocycles. The lowest BCUT2D eigenvalue weighted by molar-refractivity contribution is -0.140. The number of fused-ring (bicyclic) bond motifs is 1. The van der Waals surface area contributed by atoms with E-state index in [1.54, 1.807) is 11.4 Å². The number of hydrogen-bond acceptors (Lipinski definition) is 3. The van der Waals surface area contributed by atoms with Crippen LogP contribution >= 0.6 is 11.3 Å². The highest BCUT2D eigenvalue weighted by Gasteiger charge is 2.25. The number of carbonyl (C=O) groups is 2. The minimum Gasteiger partial charge on any atom is -0.480 e. The Bertz CT molecular complexity index is 684.